The second kappa shape index (κ2) is 9.83. The first-order chi connectivity index (χ1) is 14.6. The molecule has 0 N–H and O–H groups in total. The maximum absolute atomic E-state index is 13.0. The molecule has 1 aliphatic rings. The van der Waals surface area contributed by atoms with E-state index in [-0.39, 0.29) is 17.9 Å². The van der Waals surface area contributed by atoms with Crippen LogP contribution in [0.25, 0.3) is 0 Å². The number of nitriles is 1. The quantitative estimate of drug-likeness (QED) is 0.626. The molecule has 0 atom stereocenters. The molecule has 2 heterocycles. The molecule has 30 heavy (non-hydrogen) atoms. The number of benzene rings is 1. The minimum Gasteiger partial charge on any atom is -0.490 e. The van der Waals surface area contributed by atoms with Crippen molar-refractivity contribution in [2.45, 2.75) is 26.9 Å². The largest absolute Gasteiger partial charge is 0.490 e. The van der Waals surface area contributed by atoms with Gasteiger partial charge in [0.15, 0.2) is 11.5 Å². The molecular weight excluding hydrogens is 386 g/mol. The Kier molecular flexibility index (Phi) is 6.96. The van der Waals surface area contributed by atoms with Crippen LogP contribution in [0, 0.1) is 11.3 Å². The van der Waals surface area contributed by atoms with Gasteiger partial charge >= 0.3 is 0 Å². The van der Waals surface area contributed by atoms with Crippen molar-refractivity contribution in [1.29, 1.82) is 5.26 Å². The molecule has 1 aliphatic heterocycles. The Morgan fingerprint density at radius 2 is 1.77 bits per heavy atom. The summed E-state index contributed by atoms with van der Waals surface area (Å²) in [5.74, 6) is 1.60. The fraction of sp³-hybridized carbons (Fsp3) is 0.409. The van der Waals surface area contributed by atoms with E-state index in [1.165, 1.54) is 0 Å². The molecule has 0 aliphatic carbocycles. The van der Waals surface area contributed by atoms with Crippen molar-refractivity contribution in [3.05, 3.63) is 41.6 Å². The van der Waals surface area contributed by atoms with Gasteiger partial charge in [0.1, 0.15) is 17.7 Å². The van der Waals surface area contributed by atoms with Crippen LogP contribution in [0.4, 0.5) is 0 Å². The zero-order chi connectivity index (χ0) is 21.5. The summed E-state index contributed by atoms with van der Waals surface area (Å²) in [7, 11) is 0. The topological polar surface area (TPSA) is 93.9 Å². The Labute approximate surface area is 175 Å². The van der Waals surface area contributed by atoms with Gasteiger partial charge in [-0.2, -0.15) is 5.26 Å². The molecular formula is C22H25N3O5. The summed E-state index contributed by atoms with van der Waals surface area (Å²) < 4.78 is 22.8. The molecule has 0 saturated carbocycles. The van der Waals surface area contributed by atoms with Crippen LogP contribution >= 0.6 is 0 Å². The fourth-order valence-electron chi connectivity index (χ4n) is 3.10. The van der Waals surface area contributed by atoms with Crippen molar-refractivity contribution >= 4 is 5.91 Å². The van der Waals surface area contributed by atoms with Crippen molar-refractivity contribution in [3.8, 4) is 29.2 Å². The summed E-state index contributed by atoms with van der Waals surface area (Å²) in [4.78, 5) is 18.7. The summed E-state index contributed by atoms with van der Waals surface area (Å²) in [6.45, 7) is 7.76. The molecule has 1 amide bonds. The summed E-state index contributed by atoms with van der Waals surface area (Å²) in [5, 5.41) is 9.14. The van der Waals surface area contributed by atoms with Gasteiger partial charge in [-0.25, -0.2) is 4.98 Å². The molecule has 1 fully saturated rings. The average molecular weight is 411 g/mol. The van der Waals surface area contributed by atoms with E-state index in [4.69, 9.17) is 24.2 Å². The van der Waals surface area contributed by atoms with E-state index in [2.05, 4.69) is 11.1 Å². The number of rotatable bonds is 9. The Balaban J connectivity index is 1.73. The smallest absolute Gasteiger partial charge is 0.254 e. The molecule has 158 valence electrons. The van der Waals surface area contributed by atoms with E-state index in [0.717, 1.165) is 0 Å². The van der Waals surface area contributed by atoms with E-state index >= 15 is 0 Å². The van der Waals surface area contributed by atoms with Gasteiger partial charge in [0.25, 0.3) is 5.91 Å². The van der Waals surface area contributed by atoms with Gasteiger partial charge < -0.3 is 23.8 Å². The van der Waals surface area contributed by atoms with Crippen LogP contribution in [0.1, 0.15) is 36.7 Å². The normalized spacial score (nSPS) is 13.2. The molecule has 0 radical (unpaired) electrons. The molecule has 0 unspecified atom stereocenters. The van der Waals surface area contributed by atoms with E-state index in [1.807, 2.05) is 20.8 Å². The monoisotopic (exact) mass is 411 g/mol. The Hall–Kier alpha value is -3.47. The van der Waals surface area contributed by atoms with E-state index in [9.17, 15) is 4.79 Å². The standard InChI is InChI=1S/C22H25N3O5/c1-4-27-18-10-16(11-19(28-5-2)20(18)29-6-3)22(26)25-13-17(14-25)30-21-15(12-23)8-7-9-24-21/h7-11,17H,4-6,13-14H2,1-3H3. The second-order valence-electron chi connectivity index (χ2n) is 6.52. The number of ether oxygens (including phenoxy) is 4. The van der Waals surface area contributed by atoms with Crippen LogP contribution in [0.2, 0.25) is 0 Å². The lowest BCUT2D eigenvalue weighted by Gasteiger charge is -2.38. The number of pyridine rings is 1. The minimum absolute atomic E-state index is 0.152. The van der Waals surface area contributed by atoms with Gasteiger partial charge in [0, 0.05) is 11.8 Å². The minimum atomic E-state index is -0.212. The maximum atomic E-state index is 13.0. The Morgan fingerprint density at radius 1 is 1.13 bits per heavy atom. The maximum Gasteiger partial charge on any atom is 0.254 e. The summed E-state index contributed by atoms with van der Waals surface area (Å²) in [5.41, 5.74) is 0.829. The van der Waals surface area contributed by atoms with Crippen molar-refractivity contribution in [3.63, 3.8) is 0 Å². The summed E-state index contributed by atoms with van der Waals surface area (Å²) in [6.07, 6.45) is 1.36. The first-order valence-corrected chi connectivity index (χ1v) is 9.98. The fourth-order valence-corrected chi connectivity index (χ4v) is 3.10. The highest BCUT2D eigenvalue weighted by Crippen LogP contribution is 2.39. The van der Waals surface area contributed by atoms with Gasteiger partial charge in [-0.15, -0.1) is 0 Å². The van der Waals surface area contributed by atoms with Gasteiger partial charge in [-0.05, 0) is 45.0 Å². The van der Waals surface area contributed by atoms with Crippen molar-refractivity contribution in [2.75, 3.05) is 32.9 Å². The highest BCUT2D eigenvalue weighted by atomic mass is 16.5. The van der Waals surface area contributed by atoms with Crippen molar-refractivity contribution < 1.29 is 23.7 Å². The Morgan fingerprint density at radius 3 is 2.33 bits per heavy atom. The molecule has 8 nitrogen and oxygen atoms in total. The lowest BCUT2D eigenvalue weighted by atomic mass is 10.1. The number of hydrogen-bond acceptors (Lipinski definition) is 7. The van der Waals surface area contributed by atoms with Crippen LogP contribution < -0.4 is 18.9 Å². The van der Waals surface area contributed by atoms with E-state index in [0.29, 0.717) is 61.3 Å². The third-order valence-corrected chi connectivity index (χ3v) is 4.46. The van der Waals surface area contributed by atoms with Gasteiger partial charge in [0.05, 0.1) is 32.9 Å². The highest BCUT2D eigenvalue weighted by molar-refractivity contribution is 5.96. The van der Waals surface area contributed by atoms with Gasteiger partial charge in [0.2, 0.25) is 11.6 Å². The highest BCUT2D eigenvalue weighted by Gasteiger charge is 2.34. The zero-order valence-corrected chi connectivity index (χ0v) is 17.4. The number of amides is 1. The lowest BCUT2D eigenvalue weighted by molar-refractivity contribution is 0.0158. The number of aromatic nitrogens is 1. The molecule has 1 saturated heterocycles. The summed E-state index contributed by atoms with van der Waals surface area (Å²) in [6, 6.07) is 8.74. The van der Waals surface area contributed by atoms with E-state index < -0.39 is 0 Å². The molecule has 3 rings (SSSR count). The average Bonchev–Trinajstić information content (AvgIpc) is 2.72. The predicted molar refractivity (Wildman–Crippen MR) is 109 cm³/mol. The van der Waals surface area contributed by atoms with Crippen LogP contribution in [0.5, 0.6) is 23.1 Å². The molecule has 2 aromatic rings. The number of nitrogens with zero attached hydrogens (tertiary/aromatic N) is 3. The van der Waals surface area contributed by atoms with Gasteiger partial charge in [-0.3, -0.25) is 4.79 Å². The van der Waals surface area contributed by atoms with E-state index in [1.54, 1.807) is 35.4 Å². The van der Waals surface area contributed by atoms with Crippen LogP contribution in [0.3, 0.4) is 0 Å². The molecule has 1 aromatic heterocycles. The third-order valence-electron chi connectivity index (χ3n) is 4.46. The number of carbonyl (C=O) groups excluding carboxylic acids is 1. The Bertz CT molecular complexity index is 908. The number of hydrogen-bond donors (Lipinski definition) is 0. The second-order valence-corrected chi connectivity index (χ2v) is 6.52. The van der Waals surface area contributed by atoms with Crippen LogP contribution in [-0.4, -0.2) is 54.8 Å². The first kappa shape index (κ1) is 21.2. The van der Waals surface area contributed by atoms with Gasteiger partial charge in [-0.1, -0.05) is 0 Å². The van der Waals surface area contributed by atoms with Crippen molar-refractivity contribution in [2.24, 2.45) is 0 Å². The molecule has 8 heteroatoms. The van der Waals surface area contributed by atoms with Crippen LogP contribution in [-0.2, 0) is 0 Å². The summed E-state index contributed by atoms with van der Waals surface area (Å²) >= 11 is 0. The van der Waals surface area contributed by atoms with Crippen LogP contribution in [0.15, 0.2) is 30.5 Å². The lowest BCUT2D eigenvalue weighted by Crippen LogP contribution is -2.56. The first-order valence-electron chi connectivity index (χ1n) is 9.98. The number of carbonyl (C=O) groups is 1. The molecule has 0 bridgehead atoms. The SMILES string of the molecule is CCOc1cc(C(=O)N2CC(Oc3ncccc3C#N)C2)cc(OCC)c1OCC. The zero-order valence-electron chi connectivity index (χ0n) is 17.4. The number of likely N-dealkylation sites (tertiary alicyclic amines) is 1. The van der Waals surface area contributed by atoms with Crippen molar-refractivity contribution in [1.82, 2.24) is 9.88 Å². The predicted octanol–water partition coefficient (Wildman–Crippen LogP) is 3.05. The molecule has 1 aromatic carbocycles. The molecule has 0 spiro atoms. The third kappa shape index (κ3) is 4.57.